The van der Waals surface area contributed by atoms with Crippen molar-refractivity contribution in [3.63, 3.8) is 0 Å². The highest BCUT2D eigenvalue weighted by molar-refractivity contribution is 9.10. The Morgan fingerprint density at radius 1 is 1.35 bits per heavy atom. The van der Waals surface area contributed by atoms with Crippen LogP contribution in [0.15, 0.2) is 45.9 Å². The van der Waals surface area contributed by atoms with E-state index in [-0.39, 0.29) is 16.3 Å². The van der Waals surface area contributed by atoms with Crippen LogP contribution in [0, 0.1) is 17.1 Å². The summed E-state index contributed by atoms with van der Waals surface area (Å²) >= 11 is 3.12. The van der Waals surface area contributed by atoms with Crippen molar-refractivity contribution in [2.45, 2.75) is 4.90 Å². The number of nitrogens with one attached hydrogen (secondary N) is 1. The molecule has 5 nitrogen and oxygen atoms in total. The van der Waals surface area contributed by atoms with Crippen molar-refractivity contribution >= 4 is 31.6 Å². The van der Waals surface area contributed by atoms with Crippen LogP contribution >= 0.6 is 15.9 Å². The maximum Gasteiger partial charge on any atom is 0.264 e. The van der Waals surface area contributed by atoms with Crippen molar-refractivity contribution in [1.82, 2.24) is 4.98 Å². The minimum atomic E-state index is -4.09. The van der Waals surface area contributed by atoms with Gasteiger partial charge < -0.3 is 0 Å². The van der Waals surface area contributed by atoms with E-state index in [0.29, 0.717) is 4.47 Å². The molecule has 1 N–H and O–H groups in total. The highest BCUT2D eigenvalue weighted by Crippen LogP contribution is 2.23. The lowest BCUT2D eigenvalue weighted by atomic mass is 10.3. The highest BCUT2D eigenvalue weighted by Gasteiger charge is 2.20. The second kappa shape index (κ2) is 5.56. The lowest BCUT2D eigenvalue weighted by molar-refractivity contribution is 0.598. The Balaban J connectivity index is 2.47. The third-order valence-corrected chi connectivity index (χ3v) is 4.23. The van der Waals surface area contributed by atoms with Gasteiger partial charge in [-0.2, -0.15) is 5.26 Å². The summed E-state index contributed by atoms with van der Waals surface area (Å²) in [7, 11) is -4.09. The molecule has 1 aromatic heterocycles. The number of aromatic nitrogens is 1. The van der Waals surface area contributed by atoms with E-state index in [9.17, 15) is 12.8 Å². The Hall–Kier alpha value is -1.98. The van der Waals surface area contributed by atoms with E-state index in [1.165, 1.54) is 30.5 Å². The molecule has 1 heterocycles. The van der Waals surface area contributed by atoms with Crippen LogP contribution in [-0.2, 0) is 10.0 Å². The van der Waals surface area contributed by atoms with Gasteiger partial charge in [0.1, 0.15) is 16.8 Å². The molecule has 0 unspecified atom stereocenters. The minimum absolute atomic E-state index is 0.216. The van der Waals surface area contributed by atoms with Gasteiger partial charge in [0.2, 0.25) is 0 Å². The molecule has 1 aromatic carbocycles. The average molecular weight is 356 g/mol. The summed E-state index contributed by atoms with van der Waals surface area (Å²) < 4.78 is 40.5. The lowest BCUT2D eigenvalue weighted by Gasteiger charge is -2.09. The van der Waals surface area contributed by atoms with E-state index < -0.39 is 15.8 Å². The summed E-state index contributed by atoms with van der Waals surface area (Å²) in [6.45, 7) is 0. The molecule has 0 aliphatic carbocycles. The Labute approximate surface area is 123 Å². The van der Waals surface area contributed by atoms with Gasteiger partial charge in [0, 0.05) is 10.7 Å². The molecule has 102 valence electrons. The predicted molar refractivity (Wildman–Crippen MR) is 73.9 cm³/mol. The van der Waals surface area contributed by atoms with Crippen LogP contribution in [0.25, 0.3) is 0 Å². The minimum Gasteiger partial charge on any atom is -0.277 e. The standard InChI is InChI=1S/C12H7BrFN3O2S/c13-8-3-4-9(14)10(6-8)17-20(18,19)12-2-1-5-16-11(12)7-15/h1-6,17H. The van der Waals surface area contributed by atoms with Crippen molar-refractivity contribution in [2.24, 2.45) is 0 Å². The van der Waals surface area contributed by atoms with Crippen LogP contribution < -0.4 is 4.72 Å². The van der Waals surface area contributed by atoms with Crippen molar-refractivity contribution in [3.8, 4) is 6.07 Å². The fourth-order valence-corrected chi connectivity index (χ4v) is 2.99. The summed E-state index contributed by atoms with van der Waals surface area (Å²) in [5.41, 5.74) is -0.470. The van der Waals surface area contributed by atoms with Gasteiger partial charge in [-0.3, -0.25) is 4.72 Å². The molecule has 2 rings (SSSR count). The molecule has 0 saturated heterocycles. The van der Waals surface area contributed by atoms with Crippen LogP contribution in [0.2, 0.25) is 0 Å². The molecule has 0 atom stereocenters. The van der Waals surface area contributed by atoms with Gasteiger partial charge in [0.25, 0.3) is 10.0 Å². The van der Waals surface area contributed by atoms with Gasteiger partial charge in [0.05, 0.1) is 5.69 Å². The maximum atomic E-state index is 13.6. The zero-order valence-electron chi connectivity index (χ0n) is 9.84. The molecule has 0 bridgehead atoms. The van der Waals surface area contributed by atoms with Gasteiger partial charge in [-0.05, 0) is 30.3 Å². The van der Waals surface area contributed by atoms with Crippen molar-refractivity contribution < 1.29 is 12.8 Å². The van der Waals surface area contributed by atoms with Gasteiger partial charge in [-0.15, -0.1) is 0 Å². The zero-order chi connectivity index (χ0) is 14.8. The monoisotopic (exact) mass is 355 g/mol. The molecule has 0 aliphatic heterocycles. The van der Waals surface area contributed by atoms with E-state index in [1.54, 1.807) is 6.07 Å². The molecule has 0 amide bonds. The van der Waals surface area contributed by atoms with Crippen molar-refractivity contribution in [1.29, 1.82) is 5.26 Å². The Morgan fingerprint density at radius 2 is 2.10 bits per heavy atom. The first kappa shape index (κ1) is 14.4. The number of nitrogens with zero attached hydrogens (tertiary/aromatic N) is 2. The molecule has 0 spiro atoms. The van der Waals surface area contributed by atoms with E-state index in [4.69, 9.17) is 5.26 Å². The first-order valence-electron chi connectivity index (χ1n) is 5.27. The molecule has 8 heteroatoms. The zero-order valence-corrected chi connectivity index (χ0v) is 12.2. The maximum absolute atomic E-state index is 13.6. The van der Waals surface area contributed by atoms with Gasteiger partial charge in [0.15, 0.2) is 5.69 Å². The number of rotatable bonds is 3. The fourth-order valence-electron chi connectivity index (χ4n) is 1.47. The van der Waals surface area contributed by atoms with Gasteiger partial charge in [-0.1, -0.05) is 15.9 Å². The summed E-state index contributed by atoms with van der Waals surface area (Å²) in [6, 6.07) is 8.14. The van der Waals surface area contributed by atoms with Gasteiger partial charge in [-0.25, -0.2) is 17.8 Å². The first-order valence-corrected chi connectivity index (χ1v) is 7.54. The lowest BCUT2D eigenvalue weighted by Crippen LogP contribution is -2.15. The smallest absolute Gasteiger partial charge is 0.264 e. The number of nitriles is 1. The number of halogens is 2. The van der Waals surface area contributed by atoms with Gasteiger partial charge >= 0.3 is 0 Å². The number of sulfonamides is 1. The first-order chi connectivity index (χ1) is 9.44. The molecular weight excluding hydrogens is 349 g/mol. The second-order valence-electron chi connectivity index (χ2n) is 3.69. The van der Waals surface area contributed by atoms with E-state index in [0.717, 1.165) is 6.07 Å². The summed E-state index contributed by atoms with van der Waals surface area (Å²) in [5.74, 6) is -0.723. The molecule has 0 saturated carbocycles. The van der Waals surface area contributed by atoms with E-state index in [2.05, 4.69) is 25.6 Å². The third-order valence-electron chi connectivity index (χ3n) is 2.34. The quantitative estimate of drug-likeness (QED) is 0.917. The number of benzene rings is 1. The third kappa shape index (κ3) is 2.95. The van der Waals surface area contributed by atoms with Crippen molar-refractivity contribution in [3.05, 3.63) is 52.5 Å². The van der Waals surface area contributed by atoms with Crippen LogP contribution in [0.4, 0.5) is 10.1 Å². The molecule has 2 aromatic rings. The number of anilines is 1. The van der Waals surface area contributed by atoms with E-state index in [1.807, 2.05) is 0 Å². The summed E-state index contributed by atoms with van der Waals surface area (Å²) in [6.07, 6.45) is 1.30. The van der Waals surface area contributed by atoms with Crippen LogP contribution in [0.5, 0.6) is 0 Å². The summed E-state index contributed by atoms with van der Waals surface area (Å²) in [4.78, 5) is 3.36. The Morgan fingerprint density at radius 3 is 2.80 bits per heavy atom. The second-order valence-corrected chi connectivity index (χ2v) is 6.26. The predicted octanol–water partition coefficient (Wildman–Crippen LogP) is 2.66. The van der Waals surface area contributed by atoms with E-state index >= 15 is 0 Å². The van der Waals surface area contributed by atoms with Crippen LogP contribution in [0.1, 0.15) is 5.69 Å². The normalized spacial score (nSPS) is 10.8. The largest absolute Gasteiger partial charge is 0.277 e. The SMILES string of the molecule is N#Cc1ncccc1S(=O)(=O)Nc1cc(Br)ccc1F. The number of hydrogen-bond donors (Lipinski definition) is 1. The molecule has 0 radical (unpaired) electrons. The Bertz CT molecular complexity index is 803. The van der Waals surface area contributed by atoms with Crippen molar-refractivity contribution in [2.75, 3.05) is 4.72 Å². The molecule has 0 aliphatic rings. The Kier molecular flexibility index (Phi) is 4.01. The summed E-state index contributed by atoms with van der Waals surface area (Å²) in [5, 5.41) is 8.86. The number of pyridine rings is 1. The number of hydrogen-bond acceptors (Lipinski definition) is 4. The molecule has 0 fully saturated rings. The molecular formula is C12H7BrFN3O2S. The van der Waals surface area contributed by atoms with Crippen LogP contribution in [0.3, 0.4) is 0 Å². The topological polar surface area (TPSA) is 82.8 Å². The van der Waals surface area contributed by atoms with Crippen LogP contribution in [-0.4, -0.2) is 13.4 Å². The molecule has 20 heavy (non-hydrogen) atoms. The average Bonchev–Trinajstić information content (AvgIpc) is 2.42. The fraction of sp³-hybridized carbons (Fsp3) is 0. The highest BCUT2D eigenvalue weighted by atomic mass is 79.9.